The van der Waals surface area contributed by atoms with E-state index in [-0.39, 0.29) is 40.2 Å². The molecule has 0 saturated heterocycles. The van der Waals surface area contributed by atoms with Crippen LogP contribution in [0.2, 0.25) is 5.02 Å². The number of fused-ring (bicyclic) bond motifs is 1. The molecule has 28 heavy (non-hydrogen) atoms. The number of aliphatic hydroxyl groups excluding tert-OH is 1. The monoisotopic (exact) mass is 404 g/mol. The van der Waals surface area contributed by atoms with Gasteiger partial charge >= 0.3 is 0 Å². The number of ether oxygens (including phenoxy) is 2. The average molecular weight is 405 g/mol. The smallest absolute Gasteiger partial charge is 0.249 e. The van der Waals surface area contributed by atoms with E-state index in [4.69, 9.17) is 25.5 Å². The van der Waals surface area contributed by atoms with Crippen LogP contribution in [0, 0.1) is 5.92 Å². The number of aromatic nitrogens is 2. The van der Waals surface area contributed by atoms with Gasteiger partial charge < -0.3 is 19.0 Å². The number of halogens is 1. The van der Waals surface area contributed by atoms with E-state index in [2.05, 4.69) is 10.2 Å². The van der Waals surface area contributed by atoms with Crippen molar-refractivity contribution in [2.75, 3.05) is 7.11 Å². The van der Waals surface area contributed by atoms with Crippen molar-refractivity contribution in [2.24, 2.45) is 5.92 Å². The van der Waals surface area contributed by atoms with Crippen LogP contribution < -0.4 is 9.47 Å². The molecule has 1 aromatic heterocycles. The van der Waals surface area contributed by atoms with Gasteiger partial charge in [0.25, 0.3) is 0 Å². The van der Waals surface area contributed by atoms with Crippen molar-refractivity contribution in [1.29, 1.82) is 0 Å². The molecule has 2 aliphatic rings. The Hall–Kier alpha value is -2.87. The molecule has 0 bridgehead atoms. The number of aryl methyl sites for hydroxylation is 1. The SMILES string of the molecule is CCc1nnc(-c2cc(OC)c3c(c2Cl)O[C@]2(C3=O)C(O)=CC(=O)C[C@H]2C)o1. The normalized spacial score (nSPS) is 23.6. The molecule has 0 saturated carbocycles. The molecule has 2 heterocycles. The topological polar surface area (TPSA) is 112 Å². The van der Waals surface area contributed by atoms with Crippen molar-refractivity contribution < 1.29 is 28.6 Å². The molecule has 1 N–H and O–H groups in total. The van der Waals surface area contributed by atoms with Crippen LogP contribution in [0.25, 0.3) is 11.5 Å². The molecule has 1 spiro atoms. The second kappa shape index (κ2) is 6.34. The Morgan fingerprint density at radius 1 is 1.39 bits per heavy atom. The average Bonchev–Trinajstić information content (AvgIpc) is 3.25. The number of allylic oxidation sites excluding steroid dienone is 1. The Morgan fingerprint density at radius 3 is 2.75 bits per heavy atom. The molecule has 1 aromatic carbocycles. The molecule has 0 amide bonds. The summed E-state index contributed by atoms with van der Waals surface area (Å²) in [4.78, 5) is 25.1. The fourth-order valence-corrected chi connectivity index (χ4v) is 3.91. The van der Waals surface area contributed by atoms with Crippen molar-refractivity contribution >= 4 is 23.2 Å². The minimum absolute atomic E-state index is 0.0541. The second-order valence-electron chi connectivity index (χ2n) is 6.77. The van der Waals surface area contributed by atoms with Gasteiger partial charge in [-0.05, 0) is 6.07 Å². The molecule has 2 atom stereocenters. The summed E-state index contributed by atoms with van der Waals surface area (Å²) in [5.41, 5.74) is -1.26. The number of hydrogen-bond donors (Lipinski definition) is 1. The van der Waals surface area contributed by atoms with Crippen LogP contribution in [0.1, 0.15) is 36.5 Å². The lowest BCUT2D eigenvalue weighted by Gasteiger charge is -2.34. The zero-order chi connectivity index (χ0) is 20.2. The van der Waals surface area contributed by atoms with E-state index in [0.29, 0.717) is 17.9 Å². The number of carbonyl (C=O) groups excluding carboxylic acids is 2. The lowest BCUT2D eigenvalue weighted by Crippen LogP contribution is -2.51. The summed E-state index contributed by atoms with van der Waals surface area (Å²) in [6, 6.07) is 1.52. The highest BCUT2D eigenvalue weighted by molar-refractivity contribution is 6.36. The van der Waals surface area contributed by atoms with E-state index in [1.54, 1.807) is 6.92 Å². The number of carbonyl (C=O) groups is 2. The summed E-state index contributed by atoms with van der Waals surface area (Å²) in [5.74, 6) is -0.984. The molecular formula is C19H17ClN2O6. The highest BCUT2D eigenvalue weighted by Gasteiger charge is 2.59. The van der Waals surface area contributed by atoms with Crippen molar-refractivity contribution in [3.8, 4) is 23.0 Å². The number of Topliss-reactive ketones (excluding diaryl/α,β-unsaturated/α-hetero) is 1. The summed E-state index contributed by atoms with van der Waals surface area (Å²) >= 11 is 6.53. The quantitative estimate of drug-likeness (QED) is 0.829. The van der Waals surface area contributed by atoms with Gasteiger partial charge in [0.1, 0.15) is 17.1 Å². The minimum atomic E-state index is -1.71. The Kier molecular flexibility index (Phi) is 4.19. The predicted molar refractivity (Wildman–Crippen MR) is 97.9 cm³/mol. The third-order valence-corrected chi connectivity index (χ3v) is 5.49. The van der Waals surface area contributed by atoms with Crippen LogP contribution in [-0.2, 0) is 11.2 Å². The third kappa shape index (κ3) is 2.37. The number of methoxy groups -OCH3 is 1. The molecule has 146 valence electrons. The molecule has 0 unspecified atom stereocenters. The lowest BCUT2D eigenvalue weighted by atomic mass is 9.75. The minimum Gasteiger partial charge on any atom is -0.507 e. The zero-order valence-corrected chi connectivity index (χ0v) is 16.2. The number of nitrogens with zero attached hydrogens (tertiary/aromatic N) is 2. The predicted octanol–water partition coefficient (Wildman–Crippen LogP) is 3.33. The molecular weight excluding hydrogens is 388 g/mol. The molecule has 2 aromatic rings. The number of rotatable bonds is 3. The molecule has 4 rings (SSSR count). The Labute approximate surface area is 165 Å². The fraction of sp³-hybridized carbons (Fsp3) is 0.368. The van der Waals surface area contributed by atoms with E-state index in [0.717, 1.165) is 6.08 Å². The Bertz CT molecular complexity index is 1040. The summed E-state index contributed by atoms with van der Waals surface area (Å²) in [6.07, 6.45) is 1.63. The van der Waals surface area contributed by atoms with E-state index >= 15 is 0 Å². The van der Waals surface area contributed by atoms with Crippen LogP contribution in [-0.4, -0.2) is 39.6 Å². The summed E-state index contributed by atoms with van der Waals surface area (Å²) in [6.45, 7) is 3.53. The fourth-order valence-electron chi connectivity index (χ4n) is 3.65. The van der Waals surface area contributed by atoms with Gasteiger partial charge in [0, 0.05) is 24.8 Å². The number of aliphatic hydroxyl groups is 1. The van der Waals surface area contributed by atoms with Crippen LogP contribution in [0.3, 0.4) is 0 Å². The molecule has 1 aliphatic heterocycles. The third-order valence-electron chi connectivity index (χ3n) is 5.11. The number of ketones is 2. The highest BCUT2D eigenvalue weighted by Crippen LogP contribution is 2.53. The standard InChI is InChI=1S/C19H17ClN2O6/c1-4-13-21-22-18(27-13)10-7-11(26-3)14-16(15(10)20)28-19(17(14)25)8(2)5-9(23)6-12(19)24/h6-8,24H,4-5H2,1-3H3/t8-,19+/m1/s1. The Balaban J connectivity index is 1.92. The molecule has 1 aliphatic carbocycles. The lowest BCUT2D eigenvalue weighted by molar-refractivity contribution is -0.118. The van der Waals surface area contributed by atoms with Gasteiger partial charge in [-0.15, -0.1) is 10.2 Å². The van der Waals surface area contributed by atoms with E-state index in [1.807, 2.05) is 6.92 Å². The summed E-state index contributed by atoms with van der Waals surface area (Å²) in [7, 11) is 1.40. The molecule has 0 radical (unpaired) electrons. The molecule has 0 fully saturated rings. The maximum absolute atomic E-state index is 13.3. The first-order valence-corrected chi connectivity index (χ1v) is 9.12. The molecule has 8 nitrogen and oxygen atoms in total. The summed E-state index contributed by atoms with van der Waals surface area (Å²) < 4.78 is 16.9. The second-order valence-corrected chi connectivity index (χ2v) is 7.14. The maximum Gasteiger partial charge on any atom is 0.249 e. The van der Waals surface area contributed by atoms with Gasteiger partial charge in [0.2, 0.25) is 23.2 Å². The van der Waals surface area contributed by atoms with Crippen molar-refractivity contribution in [2.45, 2.75) is 32.3 Å². The van der Waals surface area contributed by atoms with Crippen molar-refractivity contribution in [3.63, 3.8) is 0 Å². The van der Waals surface area contributed by atoms with Crippen LogP contribution in [0.15, 0.2) is 22.3 Å². The Morgan fingerprint density at radius 2 is 2.14 bits per heavy atom. The van der Waals surface area contributed by atoms with Gasteiger partial charge in [-0.3, -0.25) is 9.59 Å². The first-order chi connectivity index (χ1) is 13.3. The zero-order valence-electron chi connectivity index (χ0n) is 15.4. The van der Waals surface area contributed by atoms with E-state index < -0.39 is 23.1 Å². The van der Waals surface area contributed by atoms with Gasteiger partial charge in [-0.1, -0.05) is 25.4 Å². The van der Waals surface area contributed by atoms with Gasteiger partial charge in [0.15, 0.2) is 11.5 Å². The first kappa shape index (κ1) is 18.5. The van der Waals surface area contributed by atoms with E-state index in [9.17, 15) is 14.7 Å². The van der Waals surface area contributed by atoms with Gasteiger partial charge in [-0.2, -0.15) is 0 Å². The first-order valence-electron chi connectivity index (χ1n) is 8.74. The largest absolute Gasteiger partial charge is 0.507 e. The summed E-state index contributed by atoms with van der Waals surface area (Å²) in [5, 5.41) is 18.5. The van der Waals surface area contributed by atoms with Crippen LogP contribution >= 0.6 is 11.6 Å². The van der Waals surface area contributed by atoms with Gasteiger partial charge in [0.05, 0.1) is 17.7 Å². The van der Waals surface area contributed by atoms with Crippen molar-refractivity contribution in [3.05, 3.63) is 34.4 Å². The maximum atomic E-state index is 13.3. The highest BCUT2D eigenvalue weighted by atomic mass is 35.5. The van der Waals surface area contributed by atoms with Crippen LogP contribution in [0.5, 0.6) is 11.5 Å². The van der Waals surface area contributed by atoms with Crippen LogP contribution in [0.4, 0.5) is 0 Å². The van der Waals surface area contributed by atoms with Crippen molar-refractivity contribution in [1.82, 2.24) is 10.2 Å². The van der Waals surface area contributed by atoms with E-state index in [1.165, 1.54) is 13.2 Å². The molecule has 9 heteroatoms. The number of benzene rings is 1. The van der Waals surface area contributed by atoms with Gasteiger partial charge in [-0.25, -0.2) is 0 Å². The number of hydrogen-bond acceptors (Lipinski definition) is 8.